The lowest BCUT2D eigenvalue weighted by Crippen LogP contribution is -2.42. The van der Waals surface area contributed by atoms with E-state index in [1.54, 1.807) is 6.07 Å². The van der Waals surface area contributed by atoms with Crippen LogP contribution in [0.5, 0.6) is 11.5 Å². The van der Waals surface area contributed by atoms with E-state index in [4.69, 9.17) is 10.5 Å². The number of phenolic OH excluding ortho intramolecular Hbond substituents is 1. The summed E-state index contributed by atoms with van der Waals surface area (Å²) in [4.78, 5) is 6.60. The molecule has 0 unspecified atom stereocenters. The fourth-order valence-electron chi connectivity index (χ4n) is 2.44. The molecule has 1 heterocycles. The van der Waals surface area contributed by atoms with Gasteiger partial charge < -0.3 is 20.5 Å². The van der Waals surface area contributed by atoms with Crippen molar-refractivity contribution >= 4 is 5.96 Å². The Kier molecular flexibility index (Phi) is 5.31. The van der Waals surface area contributed by atoms with E-state index in [0.717, 1.165) is 24.6 Å². The van der Waals surface area contributed by atoms with Gasteiger partial charge in [-0.3, -0.25) is 0 Å². The lowest BCUT2D eigenvalue weighted by atomic mass is 10.00. The van der Waals surface area contributed by atoms with Crippen LogP contribution in [0.3, 0.4) is 0 Å². The van der Waals surface area contributed by atoms with Crippen LogP contribution in [-0.2, 0) is 6.54 Å². The SMILES string of the molecule is CCOc1cc(CN=C(N)N2CCC(C)CC2)ccc1O. The van der Waals surface area contributed by atoms with E-state index in [0.29, 0.717) is 24.9 Å². The summed E-state index contributed by atoms with van der Waals surface area (Å²) in [6, 6.07) is 5.29. The molecule has 1 saturated heterocycles. The number of aliphatic imine (C=N–C) groups is 1. The lowest BCUT2D eigenvalue weighted by Gasteiger charge is -2.31. The average Bonchev–Trinajstić information content (AvgIpc) is 2.48. The maximum Gasteiger partial charge on any atom is 0.191 e. The van der Waals surface area contributed by atoms with Gasteiger partial charge in [-0.15, -0.1) is 0 Å². The van der Waals surface area contributed by atoms with E-state index in [9.17, 15) is 5.11 Å². The second-order valence-corrected chi connectivity index (χ2v) is 5.58. The highest BCUT2D eigenvalue weighted by molar-refractivity contribution is 5.78. The van der Waals surface area contributed by atoms with Crippen molar-refractivity contribution in [3.05, 3.63) is 23.8 Å². The number of piperidine rings is 1. The summed E-state index contributed by atoms with van der Waals surface area (Å²) in [5, 5.41) is 9.68. The Balaban J connectivity index is 1.98. The summed E-state index contributed by atoms with van der Waals surface area (Å²) in [7, 11) is 0. The van der Waals surface area contributed by atoms with Crippen molar-refractivity contribution in [1.82, 2.24) is 4.90 Å². The molecule has 5 heteroatoms. The Morgan fingerprint density at radius 2 is 2.14 bits per heavy atom. The van der Waals surface area contributed by atoms with E-state index < -0.39 is 0 Å². The van der Waals surface area contributed by atoms with E-state index in [2.05, 4.69) is 16.8 Å². The molecule has 116 valence electrons. The summed E-state index contributed by atoms with van der Waals surface area (Å²) >= 11 is 0. The predicted molar refractivity (Wildman–Crippen MR) is 84.6 cm³/mol. The molecule has 3 N–H and O–H groups in total. The first kappa shape index (κ1) is 15.5. The van der Waals surface area contributed by atoms with Gasteiger partial charge in [-0.05, 0) is 43.4 Å². The lowest BCUT2D eigenvalue weighted by molar-refractivity contribution is 0.277. The van der Waals surface area contributed by atoms with Gasteiger partial charge >= 0.3 is 0 Å². The van der Waals surface area contributed by atoms with Crippen molar-refractivity contribution in [2.45, 2.75) is 33.2 Å². The summed E-state index contributed by atoms with van der Waals surface area (Å²) in [5.41, 5.74) is 7.04. The maximum atomic E-state index is 9.68. The number of ether oxygens (including phenoxy) is 1. The molecule has 1 aromatic rings. The number of likely N-dealkylation sites (tertiary alicyclic amines) is 1. The molecule has 1 aliphatic heterocycles. The molecule has 0 saturated carbocycles. The van der Waals surface area contributed by atoms with Gasteiger partial charge in [0.25, 0.3) is 0 Å². The van der Waals surface area contributed by atoms with Crippen LogP contribution in [0.2, 0.25) is 0 Å². The Hall–Kier alpha value is -1.91. The van der Waals surface area contributed by atoms with Crippen LogP contribution in [0.4, 0.5) is 0 Å². The van der Waals surface area contributed by atoms with Crippen molar-refractivity contribution in [1.29, 1.82) is 0 Å². The van der Waals surface area contributed by atoms with E-state index in [1.807, 2.05) is 19.1 Å². The maximum absolute atomic E-state index is 9.68. The number of guanidine groups is 1. The number of rotatable bonds is 4. The Morgan fingerprint density at radius 3 is 2.81 bits per heavy atom. The number of nitrogens with zero attached hydrogens (tertiary/aromatic N) is 2. The van der Waals surface area contributed by atoms with Crippen LogP contribution < -0.4 is 10.5 Å². The molecule has 5 nitrogen and oxygen atoms in total. The molecule has 21 heavy (non-hydrogen) atoms. The first-order valence-electron chi connectivity index (χ1n) is 7.59. The summed E-state index contributed by atoms with van der Waals surface area (Å²) in [5.74, 6) is 2.03. The zero-order valence-electron chi connectivity index (χ0n) is 12.9. The number of hydrogen-bond acceptors (Lipinski definition) is 3. The normalized spacial score (nSPS) is 17.0. The Labute approximate surface area is 126 Å². The van der Waals surface area contributed by atoms with Crippen LogP contribution >= 0.6 is 0 Å². The first-order chi connectivity index (χ1) is 10.1. The fraction of sp³-hybridized carbons (Fsp3) is 0.562. The fourth-order valence-corrected chi connectivity index (χ4v) is 2.44. The third-order valence-electron chi connectivity index (χ3n) is 3.86. The smallest absolute Gasteiger partial charge is 0.191 e. The van der Waals surface area contributed by atoms with Gasteiger partial charge in [0.05, 0.1) is 13.2 Å². The van der Waals surface area contributed by atoms with Gasteiger partial charge in [-0.2, -0.15) is 0 Å². The third-order valence-corrected chi connectivity index (χ3v) is 3.86. The van der Waals surface area contributed by atoms with Crippen molar-refractivity contribution in [3.63, 3.8) is 0 Å². The molecule has 1 aromatic carbocycles. The van der Waals surface area contributed by atoms with Gasteiger partial charge in [0.2, 0.25) is 0 Å². The van der Waals surface area contributed by atoms with Gasteiger partial charge in [-0.1, -0.05) is 13.0 Å². The van der Waals surface area contributed by atoms with Crippen LogP contribution in [0, 0.1) is 5.92 Å². The minimum atomic E-state index is 0.155. The summed E-state index contributed by atoms with van der Waals surface area (Å²) in [6.07, 6.45) is 2.34. The quantitative estimate of drug-likeness (QED) is 0.660. The number of phenols is 1. The molecule has 0 atom stereocenters. The number of aromatic hydroxyl groups is 1. The topological polar surface area (TPSA) is 71.1 Å². The Bertz CT molecular complexity index is 494. The van der Waals surface area contributed by atoms with Crippen LogP contribution in [0.1, 0.15) is 32.3 Å². The molecule has 0 bridgehead atoms. The number of nitrogens with two attached hydrogens (primary N) is 1. The molecule has 0 aliphatic carbocycles. The predicted octanol–water partition coefficient (Wildman–Crippen LogP) is 2.34. The van der Waals surface area contributed by atoms with E-state index in [-0.39, 0.29) is 5.75 Å². The van der Waals surface area contributed by atoms with Crippen molar-refractivity contribution in [3.8, 4) is 11.5 Å². The van der Waals surface area contributed by atoms with Crippen LogP contribution in [0.25, 0.3) is 0 Å². The van der Waals surface area contributed by atoms with Gasteiger partial charge in [0, 0.05) is 13.1 Å². The van der Waals surface area contributed by atoms with Gasteiger partial charge in [0.15, 0.2) is 17.5 Å². The van der Waals surface area contributed by atoms with Gasteiger partial charge in [0.1, 0.15) is 0 Å². The monoisotopic (exact) mass is 291 g/mol. The number of hydrogen-bond donors (Lipinski definition) is 2. The second kappa shape index (κ2) is 7.20. The largest absolute Gasteiger partial charge is 0.504 e. The molecule has 0 spiro atoms. The highest BCUT2D eigenvalue weighted by Gasteiger charge is 2.16. The highest BCUT2D eigenvalue weighted by atomic mass is 16.5. The minimum absolute atomic E-state index is 0.155. The molecule has 1 aliphatic rings. The van der Waals surface area contributed by atoms with Crippen molar-refractivity contribution in [2.75, 3.05) is 19.7 Å². The molecule has 0 amide bonds. The highest BCUT2D eigenvalue weighted by Crippen LogP contribution is 2.27. The Morgan fingerprint density at radius 1 is 1.43 bits per heavy atom. The van der Waals surface area contributed by atoms with Crippen molar-refractivity contribution < 1.29 is 9.84 Å². The van der Waals surface area contributed by atoms with Crippen molar-refractivity contribution in [2.24, 2.45) is 16.6 Å². The summed E-state index contributed by atoms with van der Waals surface area (Å²) in [6.45, 7) is 7.15. The zero-order chi connectivity index (χ0) is 15.2. The summed E-state index contributed by atoms with van der Waals surface area (Å²) < 4.78 is 5.37. The second-order valence-electron chi connectivity index (χ2n) is 5.58. The average molecular weight is 291 g/mol. The molecule has 0 radical (unpaired) electrons. The van der Waals surface area contributed by atoms with E-state index >= 15 is 0 Å². The molecule has 0 aromatic heterocycles. The number of benzene rings is 1. The molecule has 2 rings (SSSR count). The molecular weight excluding hydrogens is 266 g/mol. The first-order valence-corrected chi connectivity index (χ1v) is 7.59. The zero-order valence-corrected chi connectivity index (χ0v) is 12.9. The molecule has 1 fully saturated rings. The van der Waals surface area contributed by atoms with Gasteiger partial charge in [-0.25, -0.2) is 4.99 Å². The minimum Gasteiger partial charge on any atom is -0.504 e. The third kappa shape index (κ3) is 4.28. The molecular formula is C16H25N3O2. The van der Waals surface area contributed by atoms with Crippen LogP contribution in [0.15, 0.2) is 23.2 Å². The van der Waals surface area contributed by atoms with E-state index in [1.165, 1.54) is 12.8 Å². The standard InChI is InChI=1S/C16H25N3O2/c1-3-21-15-10-13(4-5-14(15)20)11-18-16(17)19-8-6-12(2)7-9-19/h4-5,10,12,20H,3,6-9,11H2,1-2H3,(H2,17,18). The van der Waals surface area contributed by atoms with Crippen LogP contribution in [-0.4, -0.2) is 35.7 Å².